The number of hydrogen-bond donors (Lipinski definition) is 4. The van der Waals surface area contributed by atoms with E-state index in [1.54, 1.807) is 37.3 Å². The van der Waals surface area contributed by atoms with Crippen LogP contribution in [0.3, 0.4) is 0 Å². The van der Waals surface area contributed by atoms with Crippen LogP contribution in [-0.2, 0) is 4.79 Å². The molecule has 0 bridgehead atoms. The first-order valence-electron chi connectivity index (χ1n) is 13.2. The maximum Gasteiger partial charge on any atom is 0.153 e. The molecule has 4 rings (SSSR count). The first kappa shape index (κ1) is 30.7. The molecule has 3 aromatic rings. The number of allylic oxidation sites excluding steroid dienone is 2. The van der Waals surface area contributed by atoms with E-state index >= 15 is 0 Å². The average Bonchev–Trinajstić information content (AvgIpc) is 2.94. The second-order valence-corrected chi connectivity index (χ2v) is 9.83. The summed E-state index contributed by atoms with van der Waals surface area (Å²) < 4.78 is 6.06. The predicted octanol–water partition coefficient (Wildman–Crippen LogP) is 7.04. The van der Waals surface area contributed by atoms with Crippen molar-refractivity contribution in [3.63, 3.8) is 0 Å². The lowest BCUT2D eigenvalue weighted by Gasteiger charge is -2.28. The topological polar surface area (TPSA) is 124 Å². The molecule has 3 aromatic carbocycles. The van der Waals surface area contributed by atoms with Gasteiger partial charge in [-0.1, -0.05) is 26.1 Å². The van der Waals surface area contributed by atoms with Crippen molar-refractivity contribution < 1.29 is 14.6 Å². The van der Waals surface area contributed by atoms with E-state index in [4.69, 9.17) is 20.9 Å². The Morgan fingerprint density at radius 3 is 2.54 bits per heavy atom. The Morgan fingerprint density at radius 1 is 1.10 bits per heavy atom. The van der Waals surface area contributed by atoms with E-state index in [9.17, 15) is 9.90 Å². The predicted molar refractivity (Wildman–Crippen MR) is 168 cm³/mol. The summed E-state index contributed by atoms with van der Waals surface area (Å²) in [6, 6.07) is 17.6. The van der Waals surface area contributed by atoms with Crippen molar-refractivity contribution >= 4 is 29.6 Å². The summed E-state index contributed by atoms with van der Waals surface area (Å²) in [5.41, 5.74) is 10.6. The Labute approximate surface area is 242 Å². The molecule has 1 fully saturated rings. The summed E-state index contributed by atoms with van der Waals surface area (Å²) in [7, 11) is 0. The Hall–Kier alpha value is -4.85. The zero-order valence-electron chi connectivity index (χ0n) is 22.9. The minimum atomic E-state index is 0. The van der Waals surface area contributed by atoms with Crippen LogP contribution in [0.5, 0.6) is 17.2 Å². The van der Waals surface area contributed by atoms with Gasteiger partial charge >= 0.3 is 0 Å². The van der Waals surface area contributed by atoms with Gasteiger partial charge in [0.1, 0.15) is 23.1 Å². The number of nitrogens with zero attached hydrogens (tertiary/aromatic N) is 2. The summed E-state index contributed by atoms with van der Waals surface area (Å²) >= 11 is 0. The Morgan fingerprint density at radius 2 is 1.85 bits per heavy atom. The number of phenolic OH excluding ortho intramolecular Hbond substituents is 1. The van der Waals surface area contributed by atoms with E-state index in [2.05, 4.69) is 16.8 Å². The molecule has 0 amide bonds. The number of aryl methyl sites for hydroxylation is 1. The molecule has 1 saturated heterocycles. The number of nitrogen functional groups attached to an aromatic ring is 1. The number of anilines is 2. The third-order valence-electron chi connectivity index (χ3n) is 6.69. The highest BCUT2D eigenvalue weighted by Gasteiger charge is 2.18. The highest BCUT2D eigenvalue weighted by molar-refractivity contribution is 6.24. The molecule has 0 unspecified atom stereocenters. The molecule has 1 heterocycles. The third-order valence-corrected chi connectivity index (χ3v) is 6.69. The average molecular weight is 554 g/mol. The Balaban J connectivity index is 0.00000462. The Kier molecular flexibility index (Phi) is 10.5. The quantitative estimate of drug-likeness (QED) is 0.0924. The molecule has 0 saturated carbocycles. The van der Waals surface area contributed by atoms with Crippen LogP contribution < -0.4 is 15.8 Å². The van der Waals surface area contributed by atoms with Gasteiger partial charge in [0.25, 0.3) is 0 Å². The van der Waals surface area contributed by atoms with Crippen LogP contribution in [0.25, 0.3) is 0 Å². The smallest absolute Gasteiger partial charge is 0.153 e. The van der Waals surface area contributed by atoms with Gasteiger partial charge in [0.2, 0.25) is 0 Å². The number of hydrogen-bond acceptors (Lipinski definition) is 8. The number of rotatable bonds is 10. The number of aldehydes is 1. The van der Waals surface area contributed by atoms with Gasteiger partial charge < -0.3 is 31.2 Å². The van der Waals surface area contributed by atoms with Crippen LogP contribution >= 0.6 is 0 Å². The summed E-state index contributed by atoms with van der Waals surface area (Å²) in [6.45, 7) is 9.64. The number of carbonyl (C=O) groups is 1. The molecule has 41 heavy (non-hydrogen) atoms. The standard InChI is InChI=1S/C32H35N5O3.CH4/c1-21-14-27(39)18-29(15-21)40-28-9-7-8-24(17-28)32(36-23(3)37-12-5-4-6-13-37)30(20-38)22(2)35-26-10-11-31(34)25(16-26)19-33;/h7-11,14-20,33,35,39H,3-6,12-13,34H2,1-2H3;1H4/b30-22+,33-19?,36-32-;. The van der Waals surface area contributed by atoms with Crippen LogP contribution in [0.4, 0.5) is 11.4 Å². The molecule has 8 heteroatoms. The number of carbonyl (C=O) groups excluding carboxylic acids is 1. The lowest BCUT2D eigenvalue weighted by atomic mass is 10.0. The number of ether oxygens (including phenoxy) is 1. The van der Waals surface area contributed by atoms with Gasteiger partial charge in [0.15, 0.2) is 6.29 Å². The zero-order valence-corrected chi connectivity index (χ0v) is 22.9. The van der Waals surface area contributed by atoms with Crippen molar-refractivity contribution in [1.29, 1.82) is 5.41 Å². The molecule has 0 aromatic heterocycles. The molecule has 8 nitrogen and oxygen atoms in total. The van der Waals surface area contributed by atoms with Crippen molar-refractivity contribution in [2.45, 2.75) is 40.5 Å². The zero-order chi connectivity index (χ0) is 28.6. The number of phenols is 1. The number of piperidine rings is 1. The summed E-state index contributed by atoms with van der Waals surface area (Å²) in [6.07, 6.45) is 5.29. The maximum atomic E-state index is 12.6. The molecule has 0 radical (unpaired) electrons. The number of nitrogens with one attached hydrogen (secondary N) is 2. The normalized spacial score (nSPS) is 13.9. The van der Waals surface area contributed by atoms with Gasteiger partial charge in [-0.3, -0.25) is 4.79 Å². The first-order chi connectivity index (χ1) is 19.3. The Bertz CT molecular complexity index is 1470. The van der Waals surface area contributed by atoms with Gasteiger partial charge in [-0.25, -0.2) is 4.99 Å². The maximum absolute atomic E-state index is 12.6. The molecule has 214 valence electrons. The molecule has 0 atom stereocenters. The van der Waals surface area contributed by atoms with Gasteiger partial charge in [0.05, 0.1) is 11.3 Å². The number of likely N-dealkylation sites (tertiary alicyclic amines) is 1. The summed E-state index contributed by atoms with van der Waals surface area (Å²) in [5.74, 6) is 1.74. The number of nitrogens with two attached hydrogens (primary N) is 1. The SMILES string of the molecule is C.C=C(/N=C(\C(C=O)=C(/C)Nc1ccc(N)c(C=N)c1)c1cccc(Oc2cc(C)cc(O)c2)c1)N1CCCCC1. The van der Waals surface area contributed by atoms with Crippen molar-refractivity contribution in [2.24, 2.45) is 4.99 Å². The summed E-state index contributed by atoms with van der Waals surface area (Å²) in [4.78, 5) is 19.6. The van der Waals surface area contributed by atoms with E-state index in [0.29, 0.717) is 56.8 Å². The molecule has 1 aliphatic heterocycles. The number of benzene rings is 3. The lowest BCUT2D eigenvalue weighted by molar-refractivity contribution is -0.104. The number of aromatic hydroxyl groups is 1. The fraction of sp³-hybridized carbons (Fsp3) is 0.242. The molecule has 0 aliphatic carbocycles. The second kappa shape index (κ2) is 14.0. The minimum absolute atomic E-state index is 0. The molecule has 1 aliphatic rings. The fourth-order valence-corrected chi connectivity index (χ4v) is 4.65. The molecular weight excluding hydrogens is 514 g/mol. The monoisotopic (exact) mass is 553 g/mol. The number of aliphatic imine (C=N–C) groups is 1. The van der Waals surface area contributed by atoms with Crippen molar-refractivity contribution in [1.82, 2.24) is 4.90 Å². The van der Waals surface area contributed by atoms with Crippen molar-refractivity contribution in [2.75, 3.05) is 24.1 Å². The fourth-order valence-electron chi connectivity index (χ4n) is 4.65. The third kappa shape index (κ3) is 7.85. The summed E-state index contributed by atoms with van der Waals surface area (Å²) in [5, 5.41) is 20.9. The van der Waals surface area contributed by atoms with Crippen LogP contribution in [0.2, 0.25) is 0 Å². The lowest BCUT2D eigenvalue weighted by Crippen LogP contribution is -2.28. The first-order valence-corrected chi connectivity index (χ1v) is 13.2. The van der Waals surface area contributed by atoms with Crippen molar-refractivity contribution in [3.8, 4) is 17.2 Å². The highest BCUT2D eigenvalue weighted by Crippen LogP contribution is 2.29. The van der Waals surface area contributed by atoms with Gasteiger partial charge in [-0.2, -0.15) is 0 Å². The van der Waals surface area contributed by atoms with Crippen LogP contribution in [0.1, 0.15) is 50.3 Å². The minimum Gasteiger partial charge on any atom is -0.508 e. The van der Waals surface area contributed by atoms with Crippen LogP contribution in [0, 0.1) is 12.3 Å². The van der Waals surface area contributed by atoms with E-state index < -0.39 is 0 Å². The van der Waals surface area contributed by atoms with Gasteiger partial charge in [-0.05, 0) is 81.1 Å². The van der Waals surface area contributed by atoms with E-state index in [0.717, 1.165) is 37.8 Å². The van der Waals surface area contributed by atoms with Crippen LogP contribution in [0.15, 0.2) is 89.3 Å². The molecule has 0 spiro atoms. The highest BCUT2D eigenvalue weighted by atomic mass is 16.5. The van der Waals surface area contributed by atoms with E-state index in [1.165, 1.54) is 12.6 Å². The second-order valence-electron chi connectivity index (χ2n) is 9.83. The van der Waals surface area contributed by atoms with Gasteiger partial charge in [0, 0.05) is 53.6 Å². The largest absolute Gasteiger partial charge is 0.508 e. The van der Waals surface area contributed by atoms with Crippen molar-refractivity contribution in [3.05, 3.63) is 101 Å². The van der Waals surface area contributed by atoms with E-state index in [1.807, 2.05) is 37.3 Å². The van der Waals surface area contributed by atoms with E-state index in [-0.39, 0.29) is 13.2 Å². The van der Waals surface area contributed by atoms with Crippen LogP contribution in [-0.4, -0.2) is 41.3 Å². The molecular formula is C33H39N5O3. The van der Waals surface area contributed by atoms with Gasteiger partial charge in [-0.15, -0.1) is 0 Å². The molecule has 5 N–H and O–H groups in total.